The van der Waals surface area contributed by atoms with E-state index in [9.17, 15) is 0 Å². The predicted octanol–water partition coefficient (Wildman–Crippen LogP) is 5.39. The lowest BCUT2D eigenvalue weighted by molar-refractivity contribution is 1.18. The third kappa shape index (κ3) is 3.39. The molecule has 0 aliphatic carbocycles. The number of hydrogen-bond donors (Lipinski definition) is 2. The van der Waals surface area contributed by atoms with Crippen molar-refractivity contribution < 1.29 is 0 Å². The minimum atomic E-state index is 0.498. The molecule has 1 heterocycles. The molecule has 122 valence electrons. The van der Waals surface area contributed by atoms with Crippen LogP contribution in [-0.4, -0.2) is 9.97 Å². The highest BCUT2D eigenvalue weighted by Crippen LogP contribution is 2.29. The number of hydrogen-bond acceptors (Lipinski definition) is 4. The summed E-state index contributed by atoms with van der Waals surface area (Å²) < 4.78 is 0. The molecule has 4 aromatic rings. The normalized spacial score (nSPS) is 10.6. The zero-order valence-electron chi connectivity index (χ0n) is 13.3. The van der Waals surface area contributed by atoms with Crippen LogP contribution in [0.4, 0.5) is 11.6 Å². The Morgan fingerprint density at radius 3 is 2.20 bits per heavy atom. The van der Waals surface area contributed by atoms with Crippen molar-refractivity contribution in [3.63, 3.8) is 0 Å². The number of nitrogens with one attached hydrogen (secondary N) is 2. The average Bonchev–Trinajstić information content (AvgIpc) is 2.67. The van der Waals surface area contributed by atoms with E-state index in [1.165, 1.54) is 0 Å². The molecule has 0 amide bonds. The number of hydrazine groups is 1. The Balaban J connectivity index is 1.77. The molecule has 0 atom stereocenters. The third-order valence-electron chi connectivity index (χ3n) is 3.80. The molecule has 5 heteroatoms. The highest BCUT2D eigenvalue weighted by Gasteiger charge is 2.10. The zero-order chi connectivity index (χ0) is 17.1. The number of para-hydroxylation sites is 1. The number of halogens is 1. The highest BCUT2D eigenvalue weighted by atomic mass is 35.5. The average molecular weight is 347 g/mol. The minimum Gasteiger partial charge on any atom is -0.298 e. The third-order valence-corrected chi connectivity index (χ3v) is 4.03. The predicted molar refractivity (Wildman–Crippen MR) is 104 cm³/mol. The van der Waals surface area contributed by atoms with Gasteiger partial charge in [-0.05, 0) is 30.3 Å². The number of aromatic nitrogens is 2. The van der Waals surface area contributed by atoms with Crippen molar-refractivity contribution >= 4 is 34.1 Å². The van der Waals surface area contributed by atoms with Crippen LogP contribution in [0.25, 0.3) is 22.2 Å². The lowest BCUT2D eigenvalue weighted by Crippen LogP contribution is -2.12. The Hall–Kier alpha value is -3.11. The van der Waals surface area contributed by atoms with Crippen LogP contribution in [0, 0.1) is 0 Å². The van der Waals surface area contributed by atoms with Gasteiger partial charge in [-0.25, -0.2) is 9.97 Å². The van der Waals surface area contributed by atoms with Crippen LogP contribution in [-0.2, 0) is 0 Å². The van der Waals surface area contributed by atoms with Crippen molar-refractivity contribution in [2.45, 2.75) is 0 Å². The summed E-state index contributed by atoms with van der Waals surface area (Å²) in [6.07, 6.45) is 0. The van der Waals surface area contributed by atoms with Crippen LogP contribution in [0.2, 0.25) is 5.02 Å². The van der Waals surface area contributed by atoms with Crippen LogP contribution in [0.15, 0.2) is 78.9 Å². The molecule has 0 radical (unpaired) electrons. The summed E-state index contributed by atoms with van der Waals surface area (Å²) in [5.41, 5.74) is 9.80. The van der Waals surface area contributed by atoms with Gasteiger partial charge in [0, 0.05) is 16.0 Å². The fourth-order valence-electron chi connectivity index (χ4n) is 2.62. The second kappa shape index (κ2) is 6.79. The van der Waals surface area contributed by atoms with Gasteiger partial charge in [0.05, 0.1) is 16.9 Å². The Morgan fingerprint density at radius 2 is 1.44 bits per heavy atom. The number of anilines is 2. The Kier molecular flexibility index (Phi) is 4.19. The maximum Gasteiger partial charge on any atom is 0.242 e. The Morgan fingerprint density at radius 1 is 0.720 bits per heavy atom. The summed E-state index contributed by atoms with van der Waals surface area (Å²) in [4.78, 5) is 9.26. The van der Waals surface area contributed by atoms with Crippen molar-refractivity contribution in [2.75, 3.05) is 10.9 Å². The molecule has 0 saturated heterocycles. The van der Waals surface area contributed by atoms with Crippen molar-refractivity contribution in [1.29, 1.82) is 0 Å². The summed E-state index contributed by atoms with van der Waals surface area (Å²) >= 11 is 6.18. The maximum atomic E-state index is 6.18. The van der Waals surface area contributed by atoms with E-state index >= 15 is 0 Å². The van der Waals surface area contributed by atoms with Gasteiger partial charge in [-0.1, -0.05) is 60.1 Å². The van der Waals surface area contributed by atoms with E-state index in [4.69, 9.17) is 11.6 Å². The van der Waals surface area contributed by atoms with E-state index in [0.717, 1.165) is 27.8 Å². The van der Waals surface area contributed by atoms with E-state index in [0.29, 0.717) is 11.0 Å². The van der Waals surface area contributed by atoms with Crippen molar-refractivity contribution in [3.8, 4) is 11.3 Å². The smallest absolute Gasteiger partial charge is 0.242 e. The monoisotopic (exact) mass is 346 g/mol. The second-order valence-corrected chi connectivity index (χ2v) is 5.98. The Bertz CT molecular complexity index is 1000. The molecule has 25 heavy (non-hydrogen) atoms. The van der Waals surface area contributed by atoms with Crippen LogP contribution < -0.4 is 10.9 Å². The van der Waals surface area contributed by atoms with Gasteiger partial charge in [0.25, 0.3) is 0 Å². The first-order chi connectivity index (χ1) is 12.3. The second-order valence-electron chi connectivity index (χ2n) is 5.54. The highest BCUT2D eigenvalue weighted by molar-refractivity contribution is 6.31. The molecule has 3 aromatic carbocycles. The zero-order valence-corrected chi connectivity index (χ0v) is 14.0. The van der Waals surface area contributed by atoms with Gasteiger partial charge in [0.1, 0.15) is 0 Å². The van der Waals surface area contributed by atoms with Crippen LogP contribution in [0.1, 0.15) is 0 Å². The first kappa shape index (κ1) is 15.4. The molecular formula is C20H15ClN4. The van der Waals surface area contributed by atoms with Crippen LogP contribution in [0.3, 0.4) is 0 Å². The fourth-order valence-corrected chi connectivity index (χ4v) is 2.79. The molecule has 0 fully saturated rings. The van der Waals surface area contributed by atoms with E-state index in [-0.39, 0.29) is 0 Å². The molecule has 4 rings (SSSR count). The van der Waals surface area contributed by atoms with Crippen LogP contribution >= 0.6 is 11.6 Å². The fraction of sp³-hybridized carbons (Fsp3) is 0. The van der Waals surface area contributed by atoms with E-state index in [1.54, 1.807) is 0 Å². The van der Waals surface area contributed by atoms with Crippen molar-refractivity contribution in [1.82, 2.24) is 9.97 Å². The Labute approximate surface area is 150 Å². The lowest BCUT2D eigenvalue weighted by Gasteiger charge is -2.12. The molecule has 0 saturated carbocycles. The molecule has 0 aliphatic heterocycles. The molecule has 0 spiro atoms. The standard InChI is InChI=1S/C20H15ClN4/c21-15-11-12-18-17(13-15)19(14-7-3-1-4-8-14)23-20(22-18)25-24-16-9-5-2-6-10-16/h1-13,24H,(H,22,23,25). The summed E-state index contributed by atoms with van der Waals surface area (Å²) in [5.74, 6) is 0.498. The number of rotatable bonds is 4. The van der Waals surface area contributed by atoms with E-state index < -0.39 is 0 Å². The van der Waals surface area contributed by atoms with E-state index in [2.05, 4.69) is 20.8 Å². The number of fused-ring (bicyclic) bond motifs is 1. The van der Waals surface area contributed by atoms with Gasteiger partial charge in [-0.3, -0.25) is 10.9 Å². The first-order valence-corrected chi connectivity index (χ1v) is 8.27. The van der Waals surface area contributed by atoms with Gasteiger partial charge in [0.15, 0.2) is 0 Å². The lowest BCUT2D eigenvalue weighted by atomic mass is 10.1. The van der Waals surface area contributed by atoms with Gasteiger partial charge in [-0.15, -0.1) is 0 Å². The first-order valence-electron chi connectivity index (χ1n) is 7.89. The maximum absolute atomic E-state index is 6.18. The minimum absolute atomic E-state index is 0.498. The van der Waals surface area contributed by atoms with Crippen molar-refractivity contribution in [3.05, 3.63) is 83.9 Å². The summed E-state index contributed by atoms with van der Waals surface area (Å²) in [6, 6.07) is 25.5. The van der Waals surface area contributed by atoms with E-state index in [1.807, 2.05) is 78.9 Å². The summed E-state index contributed by atoms with van der Waals surface area (Å²) in [5, 5.41) is 1.58. The number of benzene rings is 3. The molecule has 0 aliphatic rings. The van der Waals surface area contributed by atoms with Gasteiger partial charge in [0.2, 0.25) is 5.95 Å². The molecule has 4 nitrogen and oxygen atoms in total. The molecule has 2 N–H and O–H groups in total. The molecule has 1 aromatic heterocycles. The molecular weight excluding hydrogens is 332 g/mol. The summed E-state index contributed by atoms with van der Waals surface area (Å²) in [7, 11) is 0. The van der Waals surface area contributed by atoms with Gasteiger partial charge < -0.3 is 0 Å². The largest absolute Gasteiger partial charge is 0.298 e. The SMILES string of the molecule is Clc1ccc2nc(NNc3ccccc3)nc(-c3ccccc3)c2c1. The molecule has 0 bridgehead atoms. The topological polar surface area (TPSA) is 49.8 Å². The van der Waals surface area contributed by atoms with Gasteiger partial charge in [-0.2, -0.15) is 0 Å². The van der Waals surface area contributed by atoms with Gasteiger partial charge >= 0.3 is 0 Å². The molecule has 0 unspecified atom stereocenters. The quantitative estimate of drug-likeness (QED) is 0.486. The number of nitrogens with zero attached hydrogens (tertiary/aromatic N) is 2. The van der Waals surface area contributed by atoms with Crippen molar-refractivity contribution in [2.24, 2.45) is 0 Å². The summed E-state index contributed by atoms with van der Waals surface area (Å²) in [6.45, 7) is 0. The van der Waals surface area contributed by atoms with Crippen LogP contribution in [0.5, 0.6) is 0 Å².